The van der Waals surface area contributed by atoms with Gasteiger partial charge in [-0.25, -0.2) is 9.78 Å². The van der Waals surface area contributed by atoms with E-state index in [4.69, 9.17) is 17.3 Å². The third kappa shape index (κ3) is 6.88. The summed E-state index contributed by atoms with van der Waals surface area (Å²) in [5, 5.41) is 6.57. The highest BCUT2D eigenvalue weighted by Crippen LogP contribution is 2.37. The molecule has 0 aliphatic carbocycles. The monoisotopic (exact) mass is 578 g/mol. The molecule has 3 amide bonds. The quantitative estimate of drug-likeness (QED) is 0.168. The SMILES string of the molecule is NC(=O)c1c(NC(=O)Nc2ccc(Cl)cc2)sc2c1CCN(CCCCC(=O)CCc1nc3ccccc3[nH]1)C2. The predicted octanol–water partition coefficient (Wildman–Crippen LogP) is 5.75. The van der Waals surface area contributed by atoms with E-state index in [1.165, 1.54) is 11.3 Å². The highest BCUT2D eigenvalue weighted by molar-refractivity contribution is 7.17. The standard InChI is InChI=1S/C29H31ClN6O3S/c30-18-8-10-19(11-9-18)32-29(39)35-28-26(27(31)38)21-14-16-36(17-24(21)40-28)15-4-3-5-20(37)12-13-25-33-22-6-1-2-7-23(22)34-25/h1-2,6-11H,3-5,12-17H2,(H2,31,38)(H,33,34)(H2,32,35,39). The average Bonchev–Trinajstić information content (AvgIpc) is 3.51. The van der Waals surface area contributed by atoms with Crippen LogP contribution in [0.15, 0.2) is 48.5 Å². The summed E-state index contributed by atoms with van der Waals surface area (Å²) in [5.41, 5.74) is 9.51. The van der Waals surface area contributed by atoms with Crippen LogP contribution in [0.1, 0.15) is 52.3 Å². The second kappa shape index (κ2) is 12.6. The number of benzene rings is 2. The van der Waals surface area contributed by atoms with Crippen LogP contribution in [0.5, 0.6) is 0 Å². The minimum absolute atomic E-state index is 0.248. The van der Waals surface area contributed by atoms with E-state index < -0.39 is 11.9 Å². The Hall–Kier alpha value is -3.73. The smallest absolute Gasteiger partial charge is 0.324 e. The number of hydrogen-bond donors (Lipinski definition) is 4. The summed E-state index contributed by atoms with van der Waals surface area (Å²) in [7, 11) is 0. The lowest BCUT2D eigenvalue weighted by Gasteiger charge is -2.26. The topological polar surface area (TPSA) is 133 Å². The van der Waals surface area contributed by atoms with Gasteiger partial charge in [-0.05, 0) is 67.8 Å². The second-order valence-corrected chi connectivity index (χ2v) is 11.4. The number of unbranched alkanes of at least 4 members (excludes halogenated alkanes) is 1. The zero-order valence-electron chi connectivity index (χ0n) is 22.0. The normalized spacial score (nSPS) is 13.2. The van der Waals surface area contributed by atoms with E-state index in [-0.39, 0.29) is 5.78 Å². The van der Waals surface area contributed by atoms with Crippen LogP contribution >= 0.6 is 22.9 Å². The summed E-state index contributed by atoms with van der Waals surface area (Å²) in [4.78, 5) is 48.4. The fourth-order valence-corrected chi connectivity index (χ4v) is 6.38. The number of amides is 3. The molecule has 0 bridgehead atoms. The van der Waals surface area contributed by atoms with Crippen molar-refractivity contribution in [2.24, 2.45) is 5.73 Å². The molecule has 2 aromatic carbocycles. The number of urea groups is 1. The first-order chi connectivity index (χ1) is 19.4. The number of thiophene rings is 1. The molecule has 40 heavy (non-hydrogen) atoms. The van der Waals surface area contributed by atoms with Crippen LogP contribution in [0.3, 0.4) is 0 Å². The summed E-state index contributed by atoms with van der Waals surface area (Å²) < 4.78 is 0. The van der Waals surface area contributed by atoms with Crippen molar-refractivity contribution < 1.29 is 14.4 Å². The molecular weight excluding hydrogens is 548 g/mol. The average molecular weight is 579 g/mol. The summed E-state index contributed by atoms with van der Waals surface area (Å²) in [6.45, 7) is 2.33. The fourth-order valence-electron chi connectivity index (χ4n) is 4.96. The Morgan fingerprint density at radius 3 is 2.62 bits per heavy atom. The van der Waals surface area contributed by atoms with E-state index in [1.807, 2.05) is 24.3 Å². The summed E-state index contributed by atoms with van der Waals surface area (Å²) >= 11 is 7.29. The lowest BCUT2D eigenvalue weighted by atomic mass is 10.0. The van der Waals surface area contributed by atoms with Gasteiger partial charge in [0.25, 0.3) is 5.91 Å². The Kier molecular flexibility index (Phi) is 8.78. The molecule has 0 saturated heterocycles. The van der Waals surface area contributed by atoms with Gasteiger partial charge >= 0.3 is 6.03 Å². The van der Waals surface area contributed by atoms with E-state index in [0.29, 0.717) is 53.5 Å². The number of aromatic nitrogens is 2. The van der Waals surface area contributed by atoms with Crippen molar-refractivity contribution in [1.29, 1.82) is 0 Å². The Balaban J connectivity index is 1.08. The van der Waals surface area contributed by atoms with Crippen molar-refractivity contribution in [2.45, 2.75) is 45.1 Å². The van der Waals surface area contributed by atoms with Gasteiger partial charge in [-0.2, -0.15) is 0 Å². The molecule has 1 aliphatic rings. The number of nitrogens with one attached hydrogen (secondary N) is 3. The number of imidazole rings is 1. The lowest BCUT2D eigenvalue weighted by Crippen LogP contribution is -2.31. The first kappa shape index (κ1) is 27.8. The van der Waals surface area contributed by atoms with Crippen LogP contribution in [0.2, 0.25) is 5.02 Å². The number of hydrogen-bond acceptors (Lipinski definition) is 6. The van der Waals surface area contributed by atoms with Gasteiger partial charge in [0.15, 0.2) is 0 Å². The number of ketones is 1. The molecule has 9 nitrogen and oxygen atoms in total. The molecule has 4 aromatic rings. The molecule has 0 radical (unpaired) electrons. The zero-order chi connectivity index (χ0) is 28.1. The van der Waals surface area contributed by atoms with E-state index in [9.17, 15) is 14.4 Å². The number of aryl methyl sites for hydroxylation is 1. The Labute approximate surface area is 241 Å². The van der Waals surface area contributed by atoms with Crippen molar-refractivity contribution in [2.75, 3.05) is 23.7 Å². The molecular formula is C29H31ClN6O3S. The number of halogens is 1. The molecule has 0 unspecified atom stereocenters. The van der Waals surface area contributed by atoms with E-state index in [0.717, 1.165) is 53.2 Å². The Morgan fingerprint density at radius 1 is 1.05 bits per heavy atom. The van der Waals surface area contributed by atoms with Gasteiger partial charge in [0.1, 0.15) is 16.6 Å². The molecule has 0 atom stereocenters. The molecule has 5 rings (SSSR count). The maximum absolute atomic E-state index is 12.6. The van der Waals surface area contributed by atoms with E-state index in [2.05, 4.69) is 25.5 Å². The molecule has 208 valence electrons. The molecule has 5 N–H and O–H groups in total. The minimum atomic E-state index is -0.547. The van der Waals surface area contributed by atoms with Crippen molar-refractivity contribution in [3.63, 3.8) is 0 Å². The Morgan fingerprint density at radius 2 is 1.85 bits per heavy atom. The highest BCUT2D eigenvalue weighted by Gasteiger charge is 2.27. The van der Waals surface area contributed by atoms with Gasteiger partial charge in [0, 0.05) is 47.9 Å². The maximum atomic E-state index is 12.6. The van der Waals surface area contributed by atoms with Gasteiger partial charge in [-0.3, -0.25) is 19.8 Å². The van der Waals surface area contributed by atoms with Crippen molar-refractivity contribution >= 4 is 62.4 Å². The summed E-state index contributed by atoms with van der Waals surface area (Å²) in [6.07, 6.45) is 4.09. The second-order valence-electron chi connectivity index (χ2n) is 9.88. The number of nitrogens with zero attached hydrogens (tertiary/aromatic N) is 2. The number of carbonyl (C=O) groups is 3. The number of anilines is 2. The maximum Gasteiger partial charge on any atom is 0.324 e. The molecule has 1 aliphatic heterocycles. The van der Waals surface area contributed by atoms with Crippen LogP contribution in [0.25, 0.3) is 11.0 Å². The number of primary amides is 1. The first-order valence-corrected chi connectivity index (χ1v) is 14.5. The number of aromatic amines is 1. The van der Waals surface area contributed by atoms with Crippen LogP contribution in [0, 0.1) is 0 Å². The van der Waals surface area contributed by atoms with Crippen LogP contribution in [-0.2, 0) is 24.2 Å². The van der Waals surface area contributed by atoms with Gasteiger partial charge < -0.3 is 16.0 Å². The molecule has 2 aromatic heterocycles. The fraction of sp³-hybridized carbons (Fsp3) is 0.310. The van der Waals surface area contributed by atoms with Gasteiger partial charge in [0.05, 0.1) is 16.6 Å². The van der Waals surface area contributed by atoms with Crippen molar-refractivity contribution in [3.8, 4) is 0 Å². The van der Waals surface area contributed by atoms with Gasteiger partial charge in [0.2, 0.25) is 0 Å². The number of nitrogens with two attached hydrogens (primary N) is 1. The zero-order valence-corrected chi connectivity index (χ0v) is 23.5. The van der Waals surface area contributed by atoms with Crippen LogP contribution in [-0.4, -0.2) is 45.7 Å². The van der Waals surface area contributed by atoms with E-state index in [1.54, 1.807) is 24.3 Å². The van der Waals surface area contributed by atoms with E-state index >= 15 is 0 Å². The van der Waals surface area contributed by atoms with Gasteiger partial charge in [-0.15, -0.1) is 11.3 Å². The summed E-state index contributed by atoms with van der Waals surface area (Å²) in [5.74, 6) is 0.550. The van der Waals surface area contributed by atoms with Gasteiger partial charge in [-0.1, -0.05) is 23.7 Å². The molecule has 0 fully saturated rings. The third-order valence-corrected chi connectivity index (χ3v) is 8.35. The van der Waals surface area contributed by atoms with Crippen molar-refractivity contribution in [3.05, 3.63) is 75.4 Å². The Bertz CT molecular complexity index is 1500. The minimum Gasteiger partial charge on any atom is -0.365 e. The number of carbonyl (C=O) groups excluding carboxylic acids is 3. The number of para-hydroxylation sites is 2. The predicted molar refractivity (Wildman–Crippen MR) is 159 cm³/mol. The first-order valence-electron chi connectivity index (χ1n) is 13.3. The largest absolute Gasteiger partial charge is 0.365 e. The number of Topliss-reactive ketones (excluding diaryl/α,β-unsaturated/α-hetero) is 1. The van der Waals surface area contributed by atoms with Crippen LogP contribution in [0.4, 0.5) is 15.5 Å². The van der Waals surface area contributed by atoms with Crippen molar-refractivity contribution in [1.82, 2.24) is 14.9 Å². The molecule has 0 saturated carbocycles. The molecule has 11 heteroatoms. The summed E-state index contributed by atoms with van der Waals surface area (Å²) in [6, 6.07) is 14.2. The highest BCUT2D eigenvalue weighted by atomic mass is 35.5. The lowest BCUT2D eigenvalue weighted by molar-refractivity contribution is -0.119. The number of rotatable bonds is 11. The number of fused-ring (bicyclic) bond motifs is 2. The molecule has 3 heterocycles. The van der Waals surface area contributed by atoms with Crippen LogP contribution < -0.4 is 16.4 Å². The molecule has 0 spiro atoms. The third-order valence-electron chi connectivity index (χ3n) is 6.97. The number of H-pyrrole nitrogens is 1.